The van der Waals surface area contributed by atoms with E-state index >= 15 is 0 Å². The Morgan fingerprint density at radius 2 is 1.73 bits per heavy atom. The molecule has 4 aromatic rings. The summed E-state index contributed by atoms with van der Waals surface area (Å²) in [5, 5.41) is 8.00. The van der Waals surface area contributed by atoms with Crippen molar-refractivity contribution in [2.75, 3.05) is 44.0 Å². The largest absolute Gasteiger partial charge is 0.481 e. The van der Waals surface area contributed by atoms with Crippen LogP contribution in [0.1, 0.15) is 12.8 Å². The molecule has 0 radical (unpaired) electrons. The van der Waals surface area contributed by atoms with E-state index in [9.17, 15) is 8.42 Å². The van der Waals surface area contributed by atoms with E-state index in [1.165, 1.54) is 44.6 Å². The first kappa shape index (κ1) is 27.3. The molecule has 0 unspecified atom stereocenters. The van der Waals surface area contributed by atoms with Gasteiger partial charge in [-0.2, -0.15) is 9.97 Å². The summed E-state index contributed by atoms with van der Waals surface area (Å²) in [6.45, 7) is 0.766. The van der Waals surface area contributed by atoms with E-state index in [1.807, 2.05) is 0 Å². The summed E-state index contributed by atoms with van der Waals surface area (Å²) >= 11 is 5.91. The number of aromatic nitrogens is 8. The lowest BCUT2D eigenvalue weighted by atomic mass is 10.1. The minimum Gasteiger partial charge on any atom is -0.481 e. The van der Waals surface area contributed by atoms with Gasteiger partial charge in [-0.15, -0.1) is 10.2 Å². The van der Waals surface area contributed by atoms with Gasteiger partial charge in [0.1, 0.15) is 12.0 Å². The van der Waals surface area contributed by atoms with Crippen LogP contribution in [0.2, 0.25) is 5.02 Å². The average molecular weight is 589 g/mol. The minimum absolute atomic E-state index is 0.0972. The molecule has 17 heteroatoms. The molecule has 1 aliphatic heterocycles. The zero-order valence-electron chi connectivity index (χ0n) is 21.7. The van der Waals surface area contributed by atoms with Crippen LogP contribution in [0.15, 0.2) is 36.9 Å². The molecule has 40 heavy (non-hydrogen) atoms. The lowest BCUT2D eigenvalue weighted by molar-refractivity contribution is 0.368. The summed E-state index contributed by atoms with van der Waals surface area (Å²) in [7, 11) is 0.311. The predicted octanol–water partition coefficient (Wildman–Crippen LogP) is 2.00. The number of nitrogens with one attached hydrogen (secondary N) is 1. The molecule has 15 nitrogen and oxygen atoms in total. The molecule has 0 bridgehead atoms. The van der Waals surface area contributed by atoms with Crippen LogP contribution >= 0.6 is 11.6 Å². The normalized spacial score (nSPS) is 15.5. The fourth-order valence-electron chi connectivity index (χ4n) is 4.27. The number of methoxy groups -OCH3 is 3. The molecular formula is C23H25ClN10O5S. The van der Waals surface area contributed by atoms with Crippen molar-refractivity contribution in [3.8, 4) is 34.8 Å². The summed E-state index contributed by atoms with van der Waals surface area (Å²) in [6, 6.07) is 5.06. The second-order valence-electron chi connectivity index (χ2n) is 8.55. The third-order valence-corrected chi connectivity index (χ3v) is 8.06. The maximum atomic E-state index is 13.7. The number of hydrogen-bond donors (Lipinski definition) is 1. The minimum atomic E-state index is -4.00. The Morgan fingerprint density at radius 3 is 2.40 bits per heavy atom. The molecule has 1 fully saturated rings. The number of rotatable bonds is 9. The van der Waals surface area contributed by atoms with Crippen LogP contribution in [-0.4, -0.2) is 87.8 Å². The fraction of sp³-hybridized carbons (Fsp3) is 0.348. The van der Waals surface area contributed by atoms with E-state index < -0.39 is 15.3 Å². The Hall–Kier alpha value is -4.31. The van der Waals surface area contributed by atoms with Crippen molar-refractivity contribution in [3.63, 3.8) is 0 Å². The van der Waals surface area contributed by atoms with Gasteiger partial charge in [0.05, 0.1) is 44.0 Å². The second-order valence-corrected chi connectivity index (χ2v) is 10.9. The number of nitrogens with zero attached hydrogens (tertiary/aromatic N) is 9. The van der Waals surface area contributed by atoms with Gasteiger partial charge in [0, 0.05) is 19.2 Å². The zero-order valence-corrected chi connectivity index (χ0v) is 23.3. The Bertz CT molecular complexity index is 1580. The number of hydrogen-bond acceptors (Lipinski definition) is 13. The molecule has 1 N–H and O–H groups in total. The zero-order chi connectivity index (χ0) is 28.3. The van der Waals surface area contributed by atoms with Crippen LogP contribution in [0.4, 0.5) is 11.9 Å². The lowest BCUT2D eigenvalue weighted by Gasteiger charge is -2.32. The fourth-order valence-corrected chi connectivity index (χ4v) is 5.78. The van der Waals surface area contributed by atoms with Gasteiger partial charge in [0.2, 0.25) is 39.6 Å². The van der Waals surface area contributed by atoms with Crippen molar-refractivity contribution in [1.29, 1.82) is 0 Å². The molecule has 0 aromatic carbocycles. The Morgan fingerprint density at radius 1 is 1.00 bits per heavy atom. The van der Waals surface area contributed by atoms with Gasteiger partial charge in [0.15, 0.2) is 11.5 Å². The molecule has 0 amide bonds. The molecule has 0 saturated carbocycles. The van der Waals surface area contributed by atoms with Crippen LogP contribution in [0.25, 0.3) is 17.2 Å². The summed E-state index contributed by atoms with van der Waals surface area (Å²) in [6.07, 6.45) is 5.23. The number of anilines is 2. The van der Waals surface area contributed by atoms with Gasteiger partial charge in [-0.3, -0.25) is 4.72 Å². The van der Waals surface area contributed by atoms with E-state index in [0.717, 1.165) is 0 Å². The highest BCUT2D eigenvalue weighted by molar-refractivity contribution is 7.93. The number of sulfonamides is 1. The molecule has 5 heterocycles. The van der Waals surface area contributed by atoms with Crippen molar-refractivity contribution < 1.29 is 22.6 Å². The molecule has 5 rings (SSSR count). The van der Waals surface area contributed by atoms with Crippen molar-refractivity contribution in [2.45, 2.75) is 18.1 Å². The third-order valence-electron chi connectivity index (χ3n) is 6.13. The van der Waals surface area contributed by atoms with Crippen LogP contribution in [-0.2, 0) is 10.0 Å². The topological polar surface area (TPSA) is 172 Å². The summed E-state index contributed by atoms with van der Waals surface area (Å²) in [5.74, 6) is 0.951. The molecule has 210 valence electrons. The van der Waals surface area contributed by atoms with Gasteiger partial charge in [-0.1, -0.05) is 17.7 Å². The van der Waals surface area contributed by atoms with Crippen LogP contribution < -0.4 is 23.8 Å². The van der Waals surface area contributed by atoms with Crippen molar-refractivity contribution in [2.24, 2.45) is 0 Å². The van der Waals surface area contributed by atoms with E-state index in [2.05, 4.69) is 39.8 Å². The van der Waals surface area contributed by atoms with E-state index in [0.29, 0.717) is 41.9 Å². The smallest absolute Gasteiger partial charge is 0.245 e. The van der Waals surface area contributed by atoms with Crippen LogP contribution in [0.3, 0.4) is 0 Å². The monoisotopic (exact) mass is 588 g/mol. The highest BCUT2D eigenvalue weighted by Gasteiger charge is 2.34. The second kappa shape index (κ2) is 11.4. The first-order valence-corrected chi connectivity index (χ1v) is 13.9. The van der Waals surface area contributed by atoms with E-state index in [1.54, 1.807) is 23.1 Å². The number of piperidine rings is 1. The summed E-state index contributed by atoms with van der Waals surface area (Å²) < 4.78 is 47.6. The maximum Gasteiger partial charge on any atom is 0.245 e. The highest BCUT2D eigenvalue weighted by Crippen LogP contribution is 2.35. The molecule has 4 aromatic heterocycles. The SMILES string of the molecule is COc1cccc(-c2nnc(NS(=O)(=O)[C@H]3CCCN(c4ncc(Cl)cn4)C3)n2-c2c(OC)ncnc2OC)n1. The van der Waals surface area contributed by atoms with Gasteiger partial charge >= 0.3 is 0 Å². The van der Waals surface area contributed by atoms with E-state index in [4.69, 9.17) is 25.8 Å². The van der Waals surface area contributed by atoms with Gasteiger partial charge < -0.3 is 19.1 Å². The van der Waals surface area contributed by atoms with Gasteiger partial charge in [-0.05, 0) is 18.9 Å². The highest BCUT2D eigenvalue weighted by atomic mass is 35.5. The molecule has 0 spiro atoms. The standard InChI is InChI=1S/C23H25ClN10O5S/c1-37-17-8-4-7-16(29-17)19-30-31-23(34(19)18-20(38-2)27-13-28-21(18)39-3)32-40(35,36)15-6-5-9-33(12-15)22-25-10-14(24)11-26-22/h4,7-8,10-11,13,15H,5-6,9,12H2,1-3H3,(H,31,32)/t15-/m0/s1. The predicted molar refractivity (Wildman–Crippen MR) is 145 cm³/mol. The molecule has 1 saturated heterocycles. The van der Waals surface area contributed by atoms with Crippen LogP contribution in [0.5, 0.6) is 17.6 Å². The van der Waals surface area contributed by atoms with Gasteiger partial charge in [-0.25, -0.2) is 27.9 Å². The Balaban J connectivity index is 1.56. The average Bonchev–Trinajstić information content (AvgIpc) is 3.39. The first-order chi connectivity index (χ1) is 19.3. The lowest BCUT2D eigenvalue weighted by Crippen LogP contribution is -2.45. The van der Waals surface area contributed by atoms with Crippen LogP contribution in [0, 0.1) is 0 Å². The summed E-state index contributed by atoms with van der Waals surface area (Å²) in [5.41, 5.74) is 0.517. The molecule has 0 aliphatic carbocycles. The number of ether oxygens (including phenoxy) is 3. The van der Waals surface area contributed by atoms with Crippen molar-refractivity contribution in [1.82, 2.24) is 39.7 Å². The molecule has 1 atom stereocenters. The Kier molecular flexibility index (Phi) is 7.79. The van der Waals surface area contributed by atoms with Crippen molar-refractivity contribution in [3.05, 3.63) is 41.9 Å². The number of pyridine rings is 1. The number of halogens is 1. The maximum absolute atomic E-state index is 13.7. The summed E-state index contributed by atoms with van der Waals surface area (Å²) in [4.78, 5) is 23.0. The molecule has 1 aliphatic rings. The third kappa shape index (κ3) is 5.40. The van der Waals surface area contributed by atoms with E-state index in [-0.39, 0.29) is 35.8 Å². The first-order valence-electron chi connectivity index (χ1n) is 12.0. The quantitative estimate of drug-likeness (QED) is 0.301. The van der Waals surface area contributed by atoms with Gasteiger partial charge in [0.25, 0.3) is 0 Å². The molecular weight excluding hydrogens is 564 g/mol. The Labute approximate surface area is 234 Å². The van der Waals surface area contributed by atoms with Crippen molar-refractivity contribution >= 4 is 33.5 Å².